The highest BCUT2D eigenvalue weighted by Crippen LogP contribution is 2.40. The van der Waals surface area contributed by atoms with Gasteiger partial charge in [0.15, 0.2) is 11.9 Å². The van der Waals surface area contributed by atoms with Crippen LogP contribution in [0.15, 0.2) is 52.4 Å². The number of rotatable bonds is 18. The molecule has 3 aromatic rings. The zero-order chi connectivity index (χ0) is 42.7. The highest BCUT2D eigenvalue weighted by atomic mass is 16.2. The average Bonchev–Trinajstić information content (AvgIpc) is 3.48. The summed E-state index contributed by atoms with van der Waals surface area (Å²) in [6, 6.07) is 11.3. The third kappa shape index (κ3) is 14.1. The van der Waals surface area contributed by atoms with Crippen LogP contribution in [-0.4, -0.2) is 72.4 Å². The van der Waals surface area contributed by atoms with Crippen LogP contribution in [0.2, 0.25) is 0 Å². The normalized spacial score (nSPS) is 13.6. The first-order valence-electron chi connectivity index (χ1n) is 20.0. The number of nitrogens with zero attached hydrogens (tertiary/aromatic N) is 2. The maximum atomic E-state index is 14.6. The van der Waals surface area contributed by atoms with Crippen LogP contribution in [0.3, 0.4) is 0 Å². The predicted octanol–water partition coefficient (Wildman–Crippen LogP) is 3.37. The van der Waals surface area contributed by atoms with Crippen molar-refractivity contribution >= 4 is 40.5 Å². The number of carbonyl (C=O) groups excluding carboxylic acids is 3. The van der Waals surface area contributed by atoms with E-state index in [2.05, 4.69) is 105 Å². The molecule has 14 N–H and O–H groups in total. The zero-order valence-corrected chi connectivity index (χ0v) is 35.6. The Morgan fingerprint density at radius 2 is 1.30 bits per heavy atom. The lowest BCUT2D eigenvalue weighted by Crippen LogP contribution is -2.56. The van der Waals surface area contributed by atoms with E-state index in [0.717, 1.165) is 38.9 Å². The first-order chi connectivity index (χ1) is 26.5. The van der Waals surface area contributed by atoms with E-state index in [9.17, 15) is 14.4 Å². The monoisotopic (exact) mass is 788 g/mol. The lowest BCUT2D eigenvalue weighted by molar-refractivity contribution is -0.132. The number of aromatic amines is 1. The highest BCUT2D eigenvalue weighted by molar-refractivity contribution is 5.95. The van der Waals surface area contributed by atoms with Gasteiger partial charge in [-0.1, -0.05) is 98.7 Å². The third-order valence-corrected chi connectivity index (χ3v) is 9.92. The molecule has 0 spiro atoms. The quantitative estimate of drug-likeness (QED) is 0.0523. The van der Waals surface area contributed by atoms with Crippen LogP contribution < -0.4 is 44.6 Å². The van der Waals surface area contributed by atoms with E-state index in [0.29, 0.717) is 38.8 Å². The van der Waals surface area contributed by atoms with Crippen LogP contribution in [0.1, 0.15) is 116 Å². The van der Waals surface area contributed by atoms with Crippen molar-refractivity contribution in [1.29, 1.82) is 0 Å². The molecule has 1 aromatic heterocycles. The number of amides is 3. The number of H-pyrrole nitrogens is 1. The van der Waals surface area contributed by atoms with E-state index in [1.165, 1.54) is 0 Å². The Bertz CT molecular complexity index is 1870. The number of fused-ring (bicyclic) bond motifs is 1. The molecule has 0 saturated carbocycles. The molecule has 0 aliphatic rings. The SMILES string of the molecule is CC(C)(C)c1cc(C(C)(C)C)c2[nH]c(C(C)(C)C)c(C[C@@H](NC(=O)[C@H](N)CCCN=C(N)N)C(=O)N[C@H](CCCN=C(N)N)C(=O)NCCc3ccccc3)c2c1. The highest BCUT2D eigenvalue weighted by Gasteiger charge is 2.34. The van der Waals surface area contributed by atoms with E-state index in [1.54, 1.807) is 0 Å². The number of nitrogens with two attached hydrogens (primary N) is 5. The molecule has 0 bridgehead atoms. The van der Waals surface area contributed by atoms with Gasteiger partial charge in [-0.2, -0.15) is 0 Å². The first-order valence-corrected chi connectivity index (χ1v) is 20.0. The van der Waals surface area contributed by atoms with Gasteiger partial charge in [0.2, 0.25) is 17.7 Å². The van der Waals surface area contributed by atoms with Crippen molar-refractivity contribution in [3.05, 3.63) is 70.4 Å². The Morgan fingerprint density at radius 1 is 0.719 bits per heavy atom. The van der Waals surface area contributed by atoms with Gasteiger partial charge in [-0.05, 0) is 71.3 Å². The largest absolute Gasteiger partial charge is 0.370 e. The van der Waals surface area contributed by atoms with Gasteiger partial charge in [-0.15, -0.1) is 0 Å². The average molecular weight is 788 g/mol. The second kappa shape index (κ2) is 19.8. The molecule has 0 aliphatic heterocycles. The zero-order valence-electron chi connectivity index (χ0n) is 35.6. The topological polar surface area (TPSA) is 258 Å². The van der Waals surface area contributed by atoms with Crippen molar-refractivity contribution in [2.24, 2.45) is 38.7 Å². The summed E-state index contributed by atoms with van der Waals surface area (Å²) in [5.41, 5.74) is 33.9. The number of hydrogen-bond acceptors (Lipinski definition) is 6. The molecule has 0 unspecified atom stereocenters. The van der Waals surface area contributed by atoms with E-state index in [1.807, 2.05) is 30.3 Å². The molecular weight excluding hydrogens is 719 g/mol. The van der Waals surface area contributed by atoms with Gasteiger partial charge in [-0.3, -0.25) is 24.4 Å². The van der Waals surface area contributed by atoms with E-state index in [-0.39, 0.29) is 53.5 Å². The van der Waals surface area contributed by atoms with Gasteiger partial charge in [0.05, 0.1) is 6.04 Å². The van der Waals surface area contributed by atoms with Crippen LogP contribution in [0.25, 0.3) is 10.9 Å². The smallest absolute Gasteiger partial charge is 0.243 e. The Kier molecular flexibility index (Phi) is 16.1. The summed E-state index contributed by atoms with van der Waals surface area (Å²) in [7, 11) is 0. The van der Waals surface area contributed by atoms with E-state index in [4.69, 9.17) is 28.7 Å². The minimum atomic E-state index is -1.09. The molecule has 57 heavy (non-hydrogen) atoms. The van der Waals surface area contributed by atoms with Gasteiger partial charge >= 0.3 is 0 Å². The summed E-state index contributed by atoms with van der Waals surface area (Å²) < 4.78 is 0. The number of hydrogen-bond donors (Lipinski definition) is 9. The molecule has 14 heteroatoms. The van der Waals surface area contributed by atoms with Crippen molar-refractivity contribution in [2.45, 2.75) is 135 Å². The second-order valence-electron chi connectivity index (χ2n) is 18.0. The Balaban J connectivity index is 2.09. The number of aromatic nitrogens is 1. The lowest BCUT2D eigenvalue weighted by Gasteiger charge is -2.27. The fraction of sp³-hybridized carbons (Fsp3) is 0.558. The molecule has 1 heterocycles. The van der Waals surface area contributed by atoms with Crippen LogP contribution in [0, 0.1) is 0 Å². The fourth-order valence-corrected chi connectivity index (χ4v) is 6.71. The van der Waals surface area contributed by atoms with Gasteiger partial charge in [0.1, 0.15) is 12.1 Å². The van der Waals surface area contributed by atoms with Crippen molar-refractivity contribution in [3.8, 4) is 0 Å². The molecule has 2 aromatic carbocycles. The van der Waals surface area contributed by atoms with Gasteiger partial charge in [0.25, 0.3) is 0 Å². The third-order valence-electron chi connectivity index (χ3n) is 9.92. The maximum absolute atomic E-state index is 14.6. The van der Waals surface area contributed by atoms with Crippen LogP contribution >= 0.6 is 0 Å². The predicted molar refractivity (Wildman–Crippen MR) is 233 cm³/mol. The summed E-state index contributed by atoms with van der Waals surface area (Å²) in [5, 5.41) is 9.91. The van der Waals surface area contributed by atoms with E-state index >= 15 is 0 Å². The standard InChI is InChI=1S/C43H69N11O3/c1-41(2,3)27-23-28-29(35(43(7,8)9)54-34(28)30(24-27)42(4,5)6)25-33(53-36(55)31(44)17-13-20-50-39(45)46)38(57)52-32(18-14-21-51-40(47)48)37(56)49-22-19-26-15-11-10-12-16-26/h10-12,15-16,23-24,31-33,54H,13-14,17-22,25,44H2,1-9H3,(H,49,56)(H,52,57)(H,53,55)(H4,45,46,50)(H4,47,48,51)/t31-,32-,33-/m1/s1. The minimum absolute atomic E-state index is 0.0423. The summed E-state index contributed by atoms with van der Waals surface area (Å²) in [4.78, 5) is 53.9. The molecule has 0 saturated heterocycles. The van der Waals surface area contributed by atoms with Crippen LogP contribution in [0.4, 0.5) is 0 Å². The lowest BCUT2D eigenvalue weighted by atomic mass is 9.78. The molecule has 3 rings (SSSR count). The Labute approximate surface area is 339 Å². The molecule has 314 valence electrons. The van der Waals surface area contributed by atoms with Gasteiger partial charge in [-0.25, -0.2) is 0 Å². The van der Waals surface area contributed by atoms with Gasteiger partial charge < -0.3 is 49.6 Å². The first kappa shape index (κ1) is 46.3. The summed E-state index contributed by atoms with van der Waals surface area (Å²) >= 11 is 0. The van der Waals surface area contributed by atoms with Crippen molar-refractivity contribution in [2.75, 3.05) is 19.6 Å². The van der Waals surface area contributed by atoms with E-state index < -0.39 is 29.9 Å². The second-order valence-corrected chi connectivity index (χ2v) is 18.0. The molecule has 14 nitrogen and oxygen atoms in total. The maximum Gasteiger partial charge on any atom is 0.243 e. The number of carbonyl (C=O) groups is 3. The number of nitrogens with one attached hydrogen (secondary N) is 4. The van der Waals surface area contributed by atoms with Crippen molar-refractivity contribution < 1.29 is 14.4 Å². The summed E-state index contributed by atoms with van der Waals surface area (Å²) in [6.07, 6.45) is 2.19. The molecule has 3 amide bonds. The van der Waals surface area contributed by atoms with Crippen LogP contribution in [0.5, 0.6) is 0 Å². The van der Waals surface area contributed by atoms with Crippen molar-refractivity contribution in [1.82, 2.24) is 20.9 Å². The molecule has 3 atom stereocenters. The molecule has 0 fully saturated rings. The fourth-order valence-electron chi connectivity index (χ4n) is 6.71. The Hall–Kier alpha value is -5.11. The Morgan fingerprint density at radius 3 is 1.84 bits per heavy atom. The molecule has 0 radical (unpaired) electrons. The number of aliphatic imine (C=N–C) groups is 2. The number of benzene rings is 2. The molecule has 0 aliphatic carbocycles. The van der Waals surface area contributed by atoms with Gasteiger partial charge in [0, 0.05) is 48.1 Å². The van der Waals surface area contributed by atoms with Crippen LogP contribution in [-0.2, 0) is 43.5 Å². The summed E-state index contributed by atoms with van der Waals surface area (Å²) in [6.45, 7) is 20.4. The molecular formula is C43H69N11O3. The van der Waals surface area contributed by atoms with Crippen molar-refractivity contribution in [3.63, 3.8) is 0 Å². The minimum Gasteiger partial charge on any atom is -0.370 e. The number of guanidine groups is 2. The summed E-state index contributed by atoms with van der Waals surface area (Å²) in [5.74, 6) is -1.47.